The van der Waals surface area contributed by atoms with Crippen LogP contribution in [0.2, 0.25) is 5.02 Å². The Morgan fingerprint density at radius 1 is 1.04 bits per heavy atom. The molecule has 0 spiro atoms. The maximum atomic E-state index is 6.36. The van der Waals surface area contributed by atoms with Crippen LogP contribution < -0.4 is 9.47 Å². The normalized spacial score (nSPS) is 12.9. The van der Waals surface area contributed by atoms with E-state index in [1.54, 1.807) is 0 Å². The first-order chi connectivity index (χ1) is 12.1. The maximum Gasteiger partial charge on any atom is 0.231 e. The number of aryl methyl sites for hydroxylation is 1. The van der Waals surface area contributed by atoms with Crippen molar-refractivity contribution in [2.24, 2.45) is 4.99 Å². The van der Waals surface area contributed by atoms with Gasteiger partial charge in [0, 0.05) is 29.2 Å². The Hall–Kier alpha value is -2.72. The van der Waals surface area contributed by atoms with Crippen LogP contribution in [0.5, 0.6) is 11.5 Å². The highest BCUT2D eigenvalue weighted by molar-refractivity contribution is 6.32. The predicted molar refractivity (Wildman–Crippen MR) is 100 cm³/mol. The number of benzene rings is 2. The molecule has 0 radical (unpaired) electrons. The topological polar surface area (TPSA) is 35.8 Å². The molecule has 0 atom stereocenters. The Morgan fingerprint density at radius 2 is 1.84 bits per heavy atom. The van der Waals surface area contributed by atoms with Gasteiger partial charge in [-0.05, 0) is 44.2 Å². The lowest BCUT2D eigenvalue weighted by Crippen LogP contribution is -2.00. The summed E-state index contributed by atoms with van der Waals surface area (Å²) in [6.45, 7) is 4.40. The summed E-state index contributed by atoms with van der Waals surface area (Å²) in [6.07, 6.45) is 1.87. The minimum Gasteiger partial charge on any atom is -0.454 e. The number of fused-ring (bicyclic) bond motifs is 1. The smallest absolute Gasteiger partial charge is 0.231 e. The fourth-order valence-corrected chi connectivity index (χ4v) is 3.25. The van der Waals surface area contributed by atoms with E-state index in [-0.39, 0.29) is 6.79 Å². The SMILES string of the molecule is Cc1cc(C=Nc2ccc3c(c2)OCO3)c(C)n1-c1ccccc1Cl. The lowest BCUT2D eigenvalue weighted by atomic mass is 10.2. The van der Waals surface area contributed by atoms with Crippen LogP contribution in [0.3, 0.4) is 0 Å². The summed E-state index contributed by atoms with van der Waals surface area (Å²) >= 11 is 6.36. The standard InChI is InChI=1S/C20H17ClN2O2/c1-13-9-15(14(2)23(13)18-6-4-3-5-17(18)21)11-22-16-7-8-19-20(10-16)25-12-24-19/h3-11H,12H2,1-2H3. The Balaban J connectivity index is 1.68. The summed E-state index contributed by atoms with van der Waals surface area (Å²) in [5.74, 6) is 1.49. The zero-order valence-corrected chi connectivity index (χ0v) is 14.7. The van der Waals surface area contributed by atoms with E-state index in [9.17, 15) is 0 Å². The predicted octanol–water partition coefficient (Wildman–Crippen LogP) is 5.23. The van der Waals surface area contributed by atoms with Crippen molar-refractivity contribution < 1.29 is 9.47 Å². The second-order valence-corrected chi connectivity index (χ2v) is 6.32. The van der Waals surface area contributed by atoms with E-state index in [4.69, 9.17) is 21.1 Å². The fraction of sp³-hybridized carbons (Fsp3) is 0.150. The van der Waals surface area contributed by atoms with Gasteiger partial charge in [-0.15, -0.1) is 0 Å². The van der Waals surface area contributed by atoms with E-state index < -0.39 is 0 Å². The quantitative estimate of drug-likeness (QED) is 0.605. The molecule has 0 aliphatic carbocycles. The van der Waals surface area contributed by atoms with E-state index in [0.29, 0.717) is 0 Å². The fourth-order valence-electron chi connectivity index (χ4n) is 3.03. The van der Waals surface area contributed by atoms with Crippen LogP contribution >= 0.6 is 11.6 Å². The van der Waals surface area contributed by atoms with Gasteiger partial charge in [0.25, 0.3) is 0 Å². The van der Waals surface area contributed by atoms with Crippen LogP contribution in [0.25, 0.3) is 5.69 Å². The van der Waals surface area contributed by atoms with Gasteiger partial charge in [0.2, 0.25) is 6.79 Å². The zero-order chi connectivity index (χ0) is 17.4. The summed E-state index contributed by atoms with van der Waals surface area (Å²) in [7, 11) is 0. The molecule has 0 unspecified atom stereocenters. The summed E-state index contributed by atoms with van der Waals surface area (Å²) in [5.41, 5.74) is 5.05. The number of para-hydroxylation sites is 1. The number of nitrogens with zero attached hydrogens (tertiary/aromatic N) is 2. The summed E-state index contributed by atoms with van der Waals surface area (Å²) in [5, 5.41) is 0.726. The van der Waals surface area contributed by atoms with Crippen molar-refractivity contribution in [2.75, 3.05) is 6.79 Å². The van der Waals surface area contributed by atoms with Crippen LogP contribution in [0.15, 0.2) is 53.5 Å². The van der Waals surface area contributed by atoms with Crippen LogP contribution in [0.4, 0.5) is 5.69 Å². The molecule has 0 N–H and O–H groups in total. The number of aromatic nitrogens is 1. The molecule has 1 aliphatic heterocycles. The average molecular weight is 353 g/mol. The molecule has 25 heavy (non-hydrogen) atoms. The van der Waals surface area contributed by atoms with Gasteiger partial charge < -0.3 is 14.0 Å². The number of hydrogen-bond donors (Lipinski definition) is 0. The molecule has 0 bridgehead atoms. The first-order valence-electron chi connectivity index (χ1n) is 8.01. The highest BCUT2D eigenvalue weighted by atomic mass is 35.5. The third-order valence-electron chi connectivity index (χ3n) is 4.27. The van der Waals surface area contributed by atoms with Crippen molar-refractivity contribution >= 4 is 23.5 Å². The second-order valence-electron chi connectivity index (χ2n) is 5.91. The van der Waals surface area contributed by atoms with E-state index in [2.05, 4.69) is 29.5 Å². The van der Waals surface area contributed by atoms with Crippen LogP contribution in [0, 0.1) is 13.8 Å². The largest absolute Gasteiger partial charge is 0.454 e. The summed E-state index contributed by atoms with van der Waals surface area (Å²) < 4.78 is 12.9. The first kappa shape index (κ1) is 15.8. The number of ether oxygens (including phenoxy) is 2. The number of hydrogen-bond acceptors (Lipinski definition) is 3. The van der Waals surface area contributed by atoms with E-state index in [1.165, 1.54) is 0 Å². The molecule has 0 fully saturated rings. The van der Waals surface area contributed by atoms with Gasteiger partial charge in [0.1, 0.15) is 0 Å². The Morgan fingerprint density at radius 3 is 2.68 bits per heavy atom. The third kappa shape index (κ3) is 2.89. The lowest BCUT2D eigenvalue weighted by Gasteiger charge is -2.11. The highest BCUT2D eigenvalue weighted by Gasteiger charge is 2.14. The molecule has 2 aromatic carbocycles. The van der Waals surface area contributed by atoms with E-state index >= 15 is 0 Å². The van der Waals surface area contributed by atoms with Gasteiger partial charge in [-0.1, -0.05) is 23.7 Å². The van der Waals surface area contributed by atoms with Gasteiger partial charge in [-0.2, -0.15) is 0 Å². The lowest BCUT2D eigenvalue weighted by molar-refractivity contribution is 0.174. The van der Waals surface area contributed by atoms with Crippen molar-refractivity contribution in [1.29, 1.82) is 0 Å². The molecule has 0 amide bonds. The zero-order valence-electron chi connectivity index (χ0n) is 14.0. The maximum absolute atomic E-state index is 6.36. The molecule has 1 aromatic heterocycles. The Bertz CT molecular complexity index is 976. The van der Waals surface area contributed by atoms with Crippen LogP contribution in [-0.2, 0) is 0 Å². The molecule has 0 saturated carbocycles. The molecule has 126 valence electrons. The van der Waals surface area contributed by atoms with Gasteiger partial charge in [-0.3, -0.25) is 4.99 Å². The third-order valence-corrected chi connectivity index (χ3v) is 4.59. The van der Waals surface area contributed by atoms with E-state index in [1.807, 2.05) is 48.7 Å². The van der Waals surface area contributed by atoms with Crippen molar-refractivity contribution in [3.8, 4) is 17.2 Å². The monoisotopic (exact) mass is 352 g/mol. The van der Waals surface area contributed by atoms with Crippen molar-refractivity contribution in [3.63, 3.8) is 0 Å². The summed E-state index contributed by atoms with van der Waals surface area (Å²) in [6, 6.07) is 15.6. The molecule has 3 aromatic rings. The van der Waals surface area contributed by atoms with Crippen LogP contribution in [0.1, 0.15) is 17.0 Å². The van der Waals surface area contributed by atoms with E-state index in [0.717, 1.165) is 44.8 Å². The number of aliphatic imine (C=N–C) groups is 1. The van der Waals surface area contributed by atoms with Crippen LogP contribution in [-0.4, -0.2) is 17.6 Å². The highest BCUT2D eigenvalue weighted by Crippen LogP contribution is 2.35. The second kappa shape index (κ2) is 6.30. The molecule has 0 saturated heterocycles. The number of halogens is 1. The molecule has 4 nitrogen and oxygen atoms in total. The molecular weight excluding hydrogens is 336 g/mol. The molecular formula is C20H17ClN2O2. The van der Waals surface area contributed by atoms with Gasteiger partial charge >= 0.3 is 0 Å². The van der Waals surface area contributed by atoms with Crippen molar-refractivity contribution in [3.05, 3.63) is 70.5 Å². The van der Waals surface area contributed by atoms with Crippen molar-refractivity contribution in [1.82, 2.24) is 4.57 Å². The molecule has 1 aliphatic rings. The van der Waals surface area contributed by atoms with Gasteiger partial charge in [0.15, 0.2) is 11.5 Å². The minimum atomic E-state index is 0.265. The summed E-state index contributed by atoms with van der Waals surface area (Å²) in [4.78, 5) is 4.58. The molecule has 4 rings (SSSR count). The van der Waals surface area contributed by atoms with Gasteiger partial charge in [-0.25, -0.2) is 0 Å². The minimum absolute atomic E-state index is 0.265. The Kier molecular flexibility index (Phi) is 3.98. The number of rotatable bonds is 3. The first-order valence-corrected chi connectivity index (χ1v) is 8.39. The molecule has 2 heterocycles. The van der Waals surface area contributed by atoms with Crippen molar-refractivity contribution in [2.45, 2.75) is 13.8 Å². The average Bonchev–Trinajstić information content (AvgIpc) is 3.18. The van der Waals surface area contributed by atoms with Gasteiger partial charge in [0.05, 0.1) is 16.4 Å². The Labute approximate surface area is 151 Å². The molecule has 5 heteroatoms.